The first-order chi connectivity index (χ1) is 16.4. The molecule has 1 atom stereocenters. The van der Waals surface area contributed by atoms with E-state index in [2.05, 4.69) is 5.32 Å². The molecule has 3 heterocycles. The van der Waals surface area contributed by atoms with Crippen LogP contribution in [0.4, 0.5) is 8.78 Å². The second-order valence-corrected chi connectivity index (χ2v) is 9.75. The Kier molecular flexibility index (Phi) is 6.15. The maximum atomic E-state index is 14.9. The molecule has 2 aromatic heterocycles. The maximum absolute atomic E-state index is 14.9. The molecule has 5 rings (SSSR count). The number of hydrogen-bond acceptors (Lipinski definition) is 4. The fourth-order valence-electron chi connectivity index (χ4n) is 4.59. The van der Waals surface area contributed by atoms with Crippen LogP contribution in [0.2, 0.25) is 0 Å². The van der Waals surface area contributed by atoms with Crippen LogP contribution in [0, 0.1) is 25.5 Å². The second kappa shape index (κ2) is 9.24. The van der Waals surface area contributed by atoms with Gasteiger partial charge >= 0.3 is 0 Å². The Hall–Kier alpha value is -3.16. The van der Waals surface area contributed by atoms with Gasteiger partial charge in [-0.05, 0) is 62.6 Å². The number of benzene rings is 2. The fraction of sp³-hybridized carbons (Fsp3) is 0.259. The lowest BCUT2D eigenvalue weighted by Gasteiger charge is -2.21. The largest absolute Gasteiger partial charge is 0.308 e. The van der Waals surface area contributed by atoms with E-state index in [4.69, 9.17) is 4.98 Å². The summed E-state index contributed by atoms with van der Waals surface area (Å²) in [5.74, 6) is -1.25. The molecule has 1 fully saturated rings. The highest BCUT2D eigenvalue weighted by atomic mass is 32.1. The lowest BCUT2D eigenvalue weighted by molar-refractivity contribution is 0.411. The van der Waals surface area contributed by atoms with Gasteiger partial charge in [0, 0.05) is 29.5 Å². The van der Waals surface area contributed by atoms with E-state index in [1.807, 2.05) is 32.0 Å². The molecule has 0 radical (unpaired) electrons. The Morgan fingerprint density at radius 2 is 1.85 bits per heavy atom. The van der Waals surface area contributed by atoms with Crippen molar-refractivity contribution in [2.24, 2.45) is 0 Å². The van der Waals surface area contributed by atoms with Crippen LogP contribution in [0.15, 0.2) is 59.5 Å². The van der Waals surface area contributed by atoms with E-state index in [9.17, 15) is 13.6 Å². The van der Waals surface area contributed by atoms with Gasteiger partial charge in [0.25, 0.3) is 5.56 Å². The molecule has 174 valence electrons. The van der Waals surface area contributed by atoms with Gasteiger partial charge in [0.05, 0.1) is 22.3 Å². The van der Waals surface area contributed by atoms with Crippen LogP contribution in [0.5, 0.6) is 0 Å². The quantitative estimate of drug-likeness (QED) is 0.373. The maximum Gasteiger partial charge on any atom is 0.255 e. The number of nitrogens with zero attached hydrogens (tertiary/aromatic N) is 2. The number of nitrogens with one attached hydrogen (secondary N) is 1. The number of piperidine rings is 1. The first-order valence-electron chi connectivity index (χ1n) is 11.4. The van der Waals surface area contributed by atoms with E-state index in [-0.39, 0.29) is 11.6 Å². The summed E-state index contributed by atoms with van der Waals surface area (Å²) in [6, 6.07) is 12.9. The normalized spacial score (nSPS) is 16.1. The van der Waals surface area contributed by atoms with Crippen molar-refractivity contribution < 1.29 is 8.78 Å². The lowest BCUT2D eigenvalue weighted by atomic mass is 10.0. The van der Waals surface area contributed by atoms with Gasteiger partial charge in [-0.3, -0.25) is 9.36 Å². The first-order valence-corrected chi connectivity index (χ1v) is 12.2. The van der Waals surface area contributed by atoms with Crippen LogP contribution in [-0.2, 0) is 0 Å². The van der Waals surface area contributed by atoms with Crippen LogP contribution in [-0.4, -0.2) is 16.1 Å². The average Bonchev–Trinajstić information content (AvgIpc) is 3.26. The summed E-state index contributed by atoms with van der Waals surface area (Å²) < 4.78 is 30.1. The molecule has 0 spiro atoms. The van der Waals surface area contributed by atoms with E-state index in [0.717, 1.165) is 53.7 Å². The SMILES string of the molecule is Cc1cccc(C)c1-n1cc(-c2nc([C@H]3CCCCN3)sc2-c2ccc(F)cc2F)ccc1=O. The highest BCUT2D eigenvalue weighted by Crippen LogP contribution is 2.41. The van der Waals surface area contributed by atoms with Crippen LogP contribution in [0.1, 0.15) is 41.4 Å². The standard InChI is InChI=1S/C27H25F2N3OS/c1-16-6-5-7-17(2)25(16)32-15-18(9-12-23(32)33)24-26(20-11-10-19(28)14-21(20)29)34-27(31-24)22-8-3-4-13-30-22/h5-7,9-12,14-15,22,30H,3-4,8,13H2,1-2H3/t22-/m1/s1. The Balaban J connectivity index is 1.70. The van der Waals surface area contributed by atoms with Crippen molar-refractivity contribution >= 4 is 11.3 Å². The van der Waals surface area contributed by atoms with Gasteiger partial charge in [0.1, 0.15) is 16.6 Å². The Morgan fingerprint density at radius 1 is 1.06 bits per heavy atom. The first kappa shape index (κ1) is 22.6. The minimum atomic E-state index is -0.629. The molecule has 2 aromatic carbocycles. The minimum absolute atomic E-state index is 0.0966. The monoisotopic (exact) mass is 477 g/mol. The topological polar surface area (TPSA) is 46.9 Å². The van der Waals surface area contributed by atoms with E-state index in [1.54, 1.807) is 16.8 Å². The van der Waals surface area contributed by atoms with E-state index in [1.165, 1.54) is 29.5 Å². The number of hydrogen-bond donors (Lipinski definition) is 1. The summed E-state index contributed by atoms with van der Waals surface area (Å²) in [7, 11) is 0. The van der Waals surface area contributed by atoms with Crippen molar-refractivity contribution in [2.75, 3.05) is 6.54 Å². The van der Waals surface area contributed by atoms with E-state index >= 15 is 0 Å². The summed E-state index contributed by atoms with van der Waals surface area (Å²) in [4.78, 5) is 18.4. The third-order valence-corrected chi connectivity index (χ3v) is 7.50. The van der Waals surface area contributed by atoms with Crippen molar-refractivity contribution in [2.45, 2.75) is 39.2 Å². The lowest BCUT2D eigenvalue weighted by Crippen LogP contribution is -2.26. The summed E-state index contributed by atoms with van der Waals surface area (Å²) in [6.45, 7) is 4.85. The van der Waals surface area contributed by atoms with Gasteiger partial charge < -0.3 is 5.32 Å². The molecule has 34 heavy (non-hydrogen) atoms. The molecule has 0 aliphatic carbocycles. The molecule has 0 saturated carbocycles. The number of aryl methyl sites for hydroxylation is 2. The second-order valence-electron chi connectivity index (χ2n) is 8.72. The Labute approximate surface area is 200 Å². The van der Waals surface area contributed by atoms with Crippen LogP contribution in [0.25, 0.3) is 27.4 Å². The molecular weight excluding hydrogens is 452 g/mol. The molecule has 4 aromatic rings. The molecular formula is C27H25F2N3OS. The van der Waals surface area contributed by atoms with Crippen molar-refractivity contribution in [3.8, 4) is 27.4 Å². The Morgan fingerprint density at radius 3 is 2.56 bits per heavy atom. The van der Waals surface area contributed by atoms with Gasteiger partial charge in [-0.2, -0.15) is 0 Å². The van der Waals surface area contributed by atoms with Crippen molar-refractivity contribution in [3.63, 3.8) is 0 Å². The fourth-order valence-corrected chi connectivity index (χ4v) is 5.81. The molecule has 0 unspecified atom stereocenters. The molecule has 1 aliphatic heterocycles. The van der Waals surface area contributed by atoms with Gasteiger partial charge in [0.2, 0.25) is 0 Å². The summed E-state index contributed by atoms with van der Waals surface area (Å²) in [5.41, 5.74) is 4.25. The molecule has 0 amide bonds. The summed E-state index contributed by atoms with van der Waals surface area (Å²) in [5, 5.41) is 4.38. The highest BCUT2D eigenvalue weighted by Gasteiger charge is 2.24. The van der Waals surface area contributed by atoms with Crippen molar-refractivity contribution in [3.05, 3.63) is 92.9 Å². The highest BCUT2D eigenvalue weighted by molar-refractivity contribution is 7.15. The van der Waals surface area contributed by atoms with Crippen LogP contribution < -0.4 is 10.9 Å². The Bertz CT molecular complexity index is 1400. The molecule has 1 N–H and O–H groups in total. The van der Waals surface area contributed by atoms with Gasteiger partial charge in [-0.15, -0.1) is 11.3 Å². The summed E-state index contributed by atoms with van der Waals surface area (Å²) in [6.07, 6.45) is 4.95. The van der Waals surface area contributed by atoms with Crippen LogP contribution in [0.3, 0.4) is 0 Å². The number of aromatic nitrogens is 2. The third kappa shape index (κ3) is 4.21. The molecule has 1 aliphatic rings. The number of thiazole rings is 1. The zero-order chi connectivity index (χ0) is 23.8. The third-order valence-electron chi connectivity index (χ3n) is 6.29. The number of pyridine rings is 1. The molecule has 4 nitrogen and oxygen atoms in total. The predicted molar refractivity (Wildman–Crippen MR) is 133 cm³/mol. The van der Waals surface area contributed by atoms with E-state index < -0.39 is 11.6 Å². The van der Waals surface area contributed by atoms with Crippen LogP contribution >= 0.6 is 11.3 Å². The minimum Gasteiger partial charge on any atom is -0.308 e. The number of rotatable bonds is 4. The molecule has 0 bridgehead atoms. The van der Waals surface area contributed by atoms with Crippen molar-refractivity contribution in [1.29, 1.82) is 0 Å². The molecule has 1 saturated heterocycles. The van der Waals surface area contributed by atoms with Gasteiger partial charge in [0.15, 0.2) is 0 Å². The zero-order valence-electron chi connectivity index (χ0n) is 19.1. The predicted octanol–water partition coefficient (Wildman–Crippen LogP) is 6.34. The number of halogens is 2. The summed E-state index contributed by atoms with van der Waals surface area (Å²) >= 11 is 1.42. The average molecular weight is 478 g/mol. The molecule has 7 heteroatoms. The zero-order valence-corrected chi connectivity index (χ0v) is 19.9. The smallest absolute Gasteiger partial charge is 0.255 e. The van der Waals surface area contributed by atoms with Gasteiger partial charge in [-0.1, -0.05) is 24.6 Å². The van der Waals surface area contributed by atoms with E-state index in [0.29, 0.717) is 21.7 Å². The number of para-hydroxylation sites is 1. The van der Waals surface area contributed by atoms with Crippen molar-refractivity contribution in [1.82, 2.24) is 14.9 Å². The van der Waals surface area contributed by atoms with Gasteiger partial charge in [-0.25, -0.2) is 13.8 Å².